The Hall–Kier alpha value is -1.96. The third kappa shape index (κ3) is 3.75. The van der Waals surface area contributed by atoms with Crippen molar-refractivity contribution < 1.29 is 4.74 Å². The van der Waals surface area contributed by atoms with Crippen molar-refractivity contribution >= 4 is 5.69 Å². The second-order valence-electron chi connectivity index (χ2n) is 4.67. The van der Waals surface area contributed by atoms with Crippen LogP contribution in [0.3, 0.4) is 0 Å². The molecule has 100 valence electrons. The molecule has 2 aromatic rings. The lowest BCUT2D eigenvalue weighted by atomic mass is 10.0. The van der Waals surface area contributed by atoms with E-state index in [0.717, 1.165) is 30.7 Å². The molecular formula is C17H21NO. The zero-order valence-corrected chi connectivity index (χ0v) is 11.4. The molecule has 0 bridgehead atoms. The molecule has 0 aliphatic rings. The number of benzene rings is 2. The lowest BCUT2D eigenvalue weighted by Crippen LogP contribution is -2.03. The van der Waals surface area contributed by atoms with Crippen LogP contribution in [-0.4, -0.2) is 6.61 Å². The summed E-state index contributed by atoms with van der Waals surface area (Å²) in [6.07, 6.45) is 2.95. The third-order valence-electron chi connectivity index (χ3n) is 3.10. The van der Waals surface area contributed by atoms with Crippen LogP contribution in [0, 0.1) is 0 Å². The van der Waals surface area contributed by atoms with Crippen LogP contribution in [-0.2, 0) is 12.8 Å². The van der Waals surface area contributed by atoms with Crippen LogP contribution in [0.2, 0.25) is 0 Å². The van der Waals surface area contributed by atoms with Crippen LogP contribution < -0.4 is 10.5 Å². The van der Waals surface area contributed by atoms with E-state index in [-0.39, 0.29) is 0 Å². The van der Waals surface area contributed by atoms with Crippen molar-refractivity contribution in [3.63, 3.8) is 0 Å². The van der Waals surface area contributed by atoms with Gasteiger partial charge in [0.15, 0.2) is 0 Å². The van der Waals surface area contributed by atoms with E-state index in [1.54, 1.807) is 0 Å². The van der Waals surface area contributed by atoms with Crippen molar-refractivity contribution in [1.29, 1.82) is 0 Å². The molecule has 0 aliphatic heterocycles. The molecule has 0 atom stereocenters. The fourth-order valence-electron chi connectivity index (χ4n) is 2.11. The second-order valence-corrected chi connectivity index (χ2v) is 4.67. The molecule has 0 spiro atoms. The van der Waals surface area contributed by atoms with E-state index in [1.165, 1.54) is 11.1 Å². The van der Waals surface area contributed by atoms with Gasteiger partial charge in [0.1, 0.15) is 5.75 Å². The second kappa shape index (κ2) is 6.83. The van der Waals surface area contributed by atoms with E-state index < -0.39 is 0 Å². The molecule has 2 aromatic carbocycles. The summed E-state index contributed by atoms with van der Waals surface area (Å²) in [6.45, 7) is 2.81. The largest absolute Gasteiger partial charge is 0.491 e. The highest BCUT2D eigenvalue weighted by molar-refractivity contribution is 5.56. The van der Waals surface area contributed by atoms with Crippen molar-refractivity contribution in [2.45, 2.75) is 26.2 Å². The average Bonchev–Trinajstić information content (AvgIpc) is 2.45. The van der Waals surface area contributed by atoms with Crippen LogP contribution in [0.1, 0.15) is 24.5 Å². The molecule has 0 saturated carbocycles. The van der Waals surface area contributed by atoms with Gasteiger partial charge in [0.2, 0.25) is 0 Å². The van der Waals surface area contributed by atoms with Crippen molar-refractivity contribution in [2.24, 2.45) is 0 Å². The van der Waals surface area contributed by atoms with Crippen LogP contribution >= 0.6 is 0 Å². The number of nitrogen functional groups attached to an aromatic ring is 1. The first kappa shape index (κ1) is 13.5. The highest BCUT2D eigenvalue weighted by atomic mass is 16.5. The molecule has 0 unspecified atom stereocenters. The highest BCUT2D eigenvalue weighted by Crippen LogP contribution is 2.27. The van der Waals surface area contributed by atoms with Crippen molar-refractivity contribution in [3.8, 4) is 5.75 Å². The molecule has 0 aromatic heterocycles. The quantitative estimate of drug-likeness (QED) is 0.796. The molecule has 0 heterocycles. The number of ether oxygens (including phenoxy) is 1. The van der Waals surface area contributed by atoms with Gasteiger partial charge in [-0.15, -0.1) is 0 Å². The lowest BCUT2D eigenvalue weighted by Gasteiger charge is -2.13. The zero-order valence-electron chi connectivity index (χ0n) is 11.4. The van der Waals surface area contributed by atoms with E-state index in [4.69, 9.17) is 10.5 Å². The molecule has 2 N–H and O–H groups in total. The summed E-state index contributed by atoms with van der Waals surface area (Å²) >= 11 is 0. The minimum Gasteiger partial charge on any atom is -0.491 e. The SMILES string of the molecule is CCCOc1c(N)cccc1CCc1ccccc1. The Kier molecular flexibility index (Phi) is 4.85. The molecule has 19 heavy (non-hydrogen) atoms. The molecule has 2 nitrogen and oxygen atoms in total. The molecule has 0 aliphatic carbocycles. The van der Waals surface area contributed by atoms with E-state index in [2.05, 4.69) is 37.3 Å². The summed E-state index contributed by atoms with van der Waals surface area (Å²) in [5.41, 5.74) is 9.27. The number of anilines is 1. The number of nitrogens with two attached hydrogens (primary N) is 1. The van der Waals surface area contributed by atoms with E-state index in [1.807, 2.05) is 18.2 Å². The fourth-order valence-corrected chi connectivity index (χ4v) is 2.11. The van der Waals surface area contributed by atoms with Gasteiger partial charge in [-0.25, -0.2) is 0 Å². The Labute approximate surface area is 115 Å². The van der Waals surface area contributed by atoms with Gasteiger partial charge in [-0.1, -0.05) is 49.4 Å². The smallest absolute Gasteiger partial charge is 0.145 e. The summed E-state index contributed by atoms with van der Waals surface area (Å²) in [6, 6.07) is 16.5. The molecule has 0 fully saturated rings. The minimum atomic E-state index is 0.715. The predicted molar refractivity (Wildman–Crippen MR) is 80.5 cm³/mol. The Morgan fingerprint density at radius 1 is 0.947 bits per heavy atom. The van der Waals surface area contributed by atoms with Crippen molar-refractivity contribution in [2.75, 3.05) is 12.3 Å². The molecule has 2 rings (SSSR count). The monoisotopic (exact) mass is 255 g/mol. The maximum absolute atomic E-state index is 6.01. The number of para-hydroxylation sites is 1. The standard InChI is InChI=1S/C17H21NO/c1-2-13-19-17-15(9-6-10-16(17)18)12-11-14-7-4-3-5-8-14/h3-10H,2,11-13,18H2,1H3. The van der Waals surface area contributed by atoms with Crippen molar-refractivity contribution in [1.82, 2.24) is 0 Å². The molecular weight excluding hydrogens is 234 g/mol. The minimum absolute atomic E-state index is 0.715. The van der Waals surface area contributed by atoms with E-state index >= 15 is 0 Å². The molecule has 2 heteroatoms. The Morgan fingerprint density at radius 3 is 2.47 bits per heavy atom. The summed E-state index contributed by atoms with van der Waals surface area (Å²) in [5, 5.41) is 0. The Balaban J connectivity index is 2.09. The van der Waals surface area contributed by atoms with E-state index in [0.29, 0.717) is 6.61 Å². The van der Waals surface area contributed by atoms with Crippen LogP contribution in [0.4, 0.5) is 5.69 Å². The molecule has 0 saturated heterocycles. The maximum Gasteiger partial charge on any atom is 0.145 e. The van der Waals surface area contributed by atoms with Gasteiger partial charge < -0.3 is 10.5 Å². The predicted octanol–water partition coefficient (Wildman–Crippen LogP) is 3.84. The summed E-state index contributed by atoms with van der Waals surface area (Å²) in [7, 11) is 0. The topological polar surface area (TPSA) is 35.2 Å². The Morgan fingerprint density at radius 2 is 1.74 bits per heavy atom. The van der Waals surface area contributed by atoms with Gasteiger partial charge in [-0.05, 0) is 36.5 Å². The molecule has 0 amide bonds. The highest BCUT2D eigenvalue weighted by Gasteiger charge is 2.07. The van der Waals surface area contributed by atoms with Gasteiger partial charge in [0, 0.05) is 0 Å². The van der Waals surface area contributed by atoms with Gasteiger partial charge in [-0.3, -0.25) is 0 Å². The summed E-state index contributed by atoms with van der Waals surface area (Å²) in [5.74, 6) is 0.861. The van der Waals surface area contributed by atoms with Gasteiger partial charge >= 0.3 is 0 Å². The van der Waals surface area contributed by atoms with Gasteiger partial charge in [-0.2, -0.15) is 0 Å². The molecule has 0 radical (unpaired) electrons. The lowest BCUT2D eigenvalue weighted by molar-refractivity contribution is 0.316. The average molecular weight is 255 g/mol. The van der Waals surface area contributed by atoms with Crippen LogP contribution in [0.25, 0.3) is 0 Å². The fraction of sp³-hybridized carbons (Fsp3) is 0.294. The van der Waals surface area contributed by atoms with Gasteiger partial charge in [0.05, 0.1) is 12.3 Å². The normalized spacial score (nSPS) is 10.4. The Bertz CT molecular complexity index is 508. The third-order valence-corrected chi connectivity index (χ3v) is 3.10. The first-order chi connectivity index (χ1) is 9.31. The van der Waals surface area contributed by atoms with E-state index in [9.17, 15) is 0 Å². The number of hydrogen-bond acceptors (Lipinski definition) is 2. The van der Waals surface area contributed by atoms with Crippen molar-refractivity contribution in [3.05, 3.63) is 59.7 Å². The summed E-state index contributed by atoms with van der Waals surface area (Å²) < 4.78 is 5.78. The number of rotatable bonds is 6. The maximum atomic E-state index is 6.01. The summed E-state index contributed by atoms with van der Waals surface area (Å²) in [4.78, 5) is 0. The number of aryl methyl sites for hydroxylation is 2. The first-order valence-corrected chi connectivity index (χ1v) is 6.85. The van der Waals surface area contributed by atoms with Gasteiger partial charge in [0.25, 0.3) is 0 Å². The zero-order chi connectivity index (χ0) is 13.5. The first-order valence-electron chi connectivity index (χ1n) is 6.85. The van der Waals surface area contributed by atoms with Crippen LogP contribution in [0.15, 0.2) is 48.5 Å². The van der Waals surface area contributed by atoms with Crippen LogP contribution in [0.5, 0.6) is 5.75 Å². The number of hydrogen-bond donors (Lipinski definition) is 1.